The lowest BCUT2D eigenvalue weighted by Crippen LogP contribution is -2.60. The van der Waals surface area contributed by atoms with Gasteiger partial charge in [-0.05, 0) is 79.5 Å². The Kier molecular flexibility index (Phi) is 12.9. The Balaban J connectivity index is 2.14. The van der Waals surface area contributed by atoms with Crippen molar-refractivity contribution < 1.29 is 43.8 Å². The molecule has 4 rings (SSSR count). The zero-order chi connectivity index (χ0) is 33.1. The molecule has 44 heavy (non-hydrogen) atoms. The number of carbonyl (C=O) groups is 1. The minimum atomic E-state index is -1.52. The van der Waals surface area contributed by atoms with E-state index in [9.17, 15) is 20.1 Å². The fourth-order valence-electron chi connectivity index (χ4n) is 7.30. The molecule has 0 radical (unpaired) electrons. The molecule has 256 valence electrons. The molecule has 0 spiro atoms. The predicted molar refractivity (Wildman–Crippen MR) is 167 cm³/mol. The molecule has 0 aromatic heterocycles. The highest BCUT2D eigenvalue weighted by atomic mass is 16.7. The van der Waals surface area contributed by atoms with Gasteiger partial charge in [0, 0.05) is 24.5 Å². The average Bonchev–Trinajstić information content (AvgIpc) is 2.95. The highest BCUT2D eigenvalue weighted by Gasteiger charge is 2.51. The van der Waals surface area contributed by atoms with Gasteiger partial charge in [-0.25, -0.2) is 0 Å². The zero-order valence-electron chi connectivity index (χ0n) is 28.6. The first-order chi connectivity index (χ1) is 20.4. The number of aliphatic hydroxyl groups excluding tert-OH is 2. The molecule has 4 saturated heterocycles. The third kappa shape index (κ3) is 8.41. The van der Waals surface area contributed by atoms with Crippen molar-refractivity contribution in [1.29, 1.82) is 0 Å². The van der Waals surface area contributed by atoms with E-state index in [4.69, 9.17) is 23.7 Å². The summed E-state index contributed by atoms with van der Waals surface area (Å²) in [5, 5.41) is 38.6. The van der Waals surface area contributed by atoms with Crippen LogP contribution in [-0.2, 0) is 28.5 Å². The highest BCUT2D eigenvalue weighted by molar-refractivity contribution is 5.73. The Morgan fingerprint density at radius 3 is 2.36 bits per heavy atom. The lowest BCUT2D eigenvalue weighted by Gasteiger charge is -2.48. The monoisotopic (exact) mass is 628 g/mol. The summed E-state index contributed by atoms with van der Waals surface area (Å²) in [6.45, 7) is 19.9. The van der Waals surface area contributed by atoms with Gasteiger partial charge in [0.05, 0.1) is 49.1 Å². The molecule has 2 bridgehead atoms. The van der Waals surface area contributed by atoms with E-state index >= 15 is 0 Å². The van der Waals surface area contributed by atoms with Gasteiger partial charge in [-0.2, -0.15) is 0 Å². The van der Waals surface area contributed by atoms with Crippen LogP contribution in [0.2, 0.25) is 0 Å². The van der Waals surface area contributed by atoms with Crippen molar-refractivity contribution in [3.8, 4) is 0 Å². The largest absolute Gasteiger partial charge is 0.459 e. The van der Waals surface area contributed by atoms with Crippen LogP contribution in [0.4, 0.5) is 0 Å². The normalized spacial score (nSPS) is 47.2. The van der Waals surface area contributed by atoms with Gasteiger partial charge in [0.2, 0.25) is 0 Å². The van der Waals surface area contributed by atoms with Crippen LogP contribution in [0.15, 0.2) is 12.2 Å². The van der Waals surface area contributed by atoms with Gasteiger partial charge in [0.1, 0.15) is 17.8 Å². The molecule has 0 aromatic carbocycles. The third-order valence-corrected chi connectivity index (χ3v) is 10.0. The smallest absolute Gasteiger partial charge is 0.311 e. The first kappa shape index (κ1) is 37.3. The number of nitrogens with zero attached hydrogens (tertiary/aromatic N) is 1. The van der Waals surface area contributed by atoms with Gasteiger partial charge in [0.15, 0.2) is 6.29 Å². The van der Waals surface area contributed by atoms with Crippen molar-refractivity contribution in [3.05, 3.63) is 12.2 Å². The van der Waals surface area contributed by atoms with Crippen LogP contribution in [-0.4, -0.2) is 126 Å². The van der Waals surface area contributed by atoms with E-state index in [1.165, 1.54) is 0 Å². The van der Waals surface area contributed by atoms with Crippen LogP contribution in [0, 0.1) is 17.8 Å². The second-order valence-electron chi connectivity index (χ2n) is 14.4. The Hall–Kier alpha value is -1.15. The van der Waals surface area contributed by atoms with Gasteiger partial charge in [0.25, 0.3) is 0 Å². The Bertz CT molecular complexity index is 964. The van der Waals surface area contributed by atoms with Crippen LogP contribution < -0.4 is 5.32 Å². The fraction of sp³-hybridized carbons (Fsp3) is 0.909. The molecule has 4 fully saturated rings. The van der Waals surface area contributed by atoms with E-state index in [0.29, 0.717) is 31.4 Å². The summed E-state index contributed by atoms with van der Waals surface area (Å²) in [6.07, 6.45) is -4.24. The summed E-state index contributed by atoms with van der Waals surface area (Å²) in [6, 6.07) is -0.278. The predicted octanol–water partition coefficient (Wildman–Crippen LogP) is 2.25. The van der Waals surface area contributed by atoms with Crippen molar-refractivity contribution >= 4 is 5.97 Å². The number of nitrogens with one attached hydrogen (secondary N) is 1. The minimum Gasteiger partial charge on any atom is -0.459 e. The van der Waals surface area contributed by atoms with Gasteiger partial charge in [-0.1, -0.05) is 27.4 Å². The maximum absolute atomic E-state index is 13.6. The molecule has 14 atom stereocenters. The van der Waals surface area contributed by atoms with E-state index in [1.54, 1.807) is 13.8 Å². The summed E-state index contributed by atoms with van der Waals surface area (Å²) in [5.74, 6) is -2.39. The van der Waals surface area contributed by atoms with Gasteiger partial charge in [-0.15, -0.1) is 0 Å². The summed E-state index contributed by atoms with van der Waals surface area (Å²) >= 11 is 0. The van der Waals surface area contributed by atoms with E-state index in [2.05, 4.69) is 18.8 Å². The minimum absolute atomic E-state index is 0.0794. The molecular formula is C33H60N2O9. The second-order valence-corrected chi connectivity index (χ2v) is 14.4. The number of ether oxygens (including phenoxy) is 5. The summed E-state index contributed by atoms with van der Waals surface area (Å²) in [4.78, 5) is 15.5. The molecule has 0 saturated carbocycles. The Morgan fingerprint density at radius 1 is 1.09 bits per heavy atom. The first-order valence-corrected chi connectivity index (χ1v) is 16.3. The fourth-order valence-corrected chi connectivity index (χ4v) is 7.30. The lowest BCUT2D eigenvalue weighted by atomic mass is 9.78. The Labute approximate surface area is 264 Å². The molecule has 0 aliphatic carbocycles. The number of carbonyl (C=O) groups excluding carboxylic acids is 1. The SMILES string of the molecule is C=C1CO[C@@H]2[C@@H](C)CN[C@H](C)C[C@@](C)(OC1)[C@H](O[C@@H]1O[C@H](C)C[C@H](N(C)C)[C@H]1O)[C@@H](C)[C@H](O)[C@@H](C)C(=O)O[C@H](CC)[C@@]2(C)O. The third-order valence-electron chi connectivity index (χ3n) is 10.0. The number of likely N-dealkylation sites (N-methyl/N-ethyl adjacent to an activating group) is 1. The van der Waals surface area contributed by atoms with E-state index < -0.39 is 65.8 Å². The first-order valence-electron chi connectivity index (χ1n) is 16.3. The van der Waals surface area contributed by atoms with Crippen molar-refractivity contribution in [3.63, 3.8) is 0 Å². The molecule has 0 unspecified atom stereocenters. The quantitative estimate of drug-likeness (QED) is 0.269. The maximum Gasteiger partial charge on any atom is 0.311 e. The molecular weight excluding hydrogens is 568 g/mol. The lowest BCUT2D eigenvalue weighted by molar-refractivity contribution is -0.302. The van der Waals surface area contributed by atoms with Crippen molar-refractivity contribution in [1.82, 2.24) is 10.2 Å². The number of aliphatic hydroxyl groups is 3. The highest BCUT2D eigenvalue weighted by Crippen LogP contribution is 2.38. The zero-order valence-corrected chi connectivity index (χ0v) is 28.6. The topological polar surface area (TPSA) is 139 Å². The summed E-state index contributed by atoms with van der Waals surface area (Å²) in [7, 11) is 3.83. The van der Waals surface area contributed by atoms with Crippen LogP contribution in [0.3, 0.4) is 0 Å². The number of fused-ring (bicyclic) bond motifs is 15. The van der Waals surface area contributed by atoms with E-state index in [-0.39, 0.29) is 37.3 Å². The van der Waals surface area contributed by atoms with Crippen LogP contribution in [0.25, 0.3) is 0 Å². The molecule has 11 nitrogen and oxygen atoms in total. The molecule has 11 heteroatoms. The number of hydrogen-bond acceptors (Lipinski definition) is 11. The van der Waals surface area contributed by atoms with E-state index in [1.807, 2.05) is 53.6 Å². The van der Waals surface area contributed by atoms with Crippen molar-refractivity contribution in [2.24, 2.45) is 17.8 Å². The molecule has 0 aromatic rings. The second kappa shape index (κ2) is 15.2. The number of esters is 1. The number of hydrogen-bond donors (Lipinski definition) is 4. The van der Waals surface area contributed by atoms with Crippen LogP contribution >= 0.6 is 0 Å². The Morgan fingerprint density at radius 2 is 1.75 bits per heavy atom. The van der Waals surface area contributed by atoms with E-state index in [0.717, 1.165) is 0 Å². The van der Waals surface area contributed by atoms with Crippen LogP contribution in [0.5, 0.6) is 0 Å². The summed E-state index contributed by atoms with van der Waals surface area (Å²) in [5.41, 5.74) is -1.87. The molecule has 4 aliphatic heterocycles. The molecule has 4 N–H and O–H groups in total. The molecule has 4 aliphatic rings. The van der Waals surface area contributed by atoms with Crippen molar-refractivity contribution in [2.45, 2.75) is 141 Å². The van der Waals surface area contributed by atoms with Gasteiger partial charge < -0.3 is 49.2 Å². The van der Waals surface area contributed by atoms with Gasteiger partial charge >= 0.3 is 5.97 Å². The van der Waals surface area contributed by atoms with Gasteiger partial charge in [-0.3, -0.25) is 4.79 Å². The van der Waals surface area contributed by atoms with Crippen molar-refractivity contribution in [2.75, 3.05) is 33.9 Å². The maximum atomic E-state index is 13.6. The molecule has 0 amide bonds. The standard InChI is InChI=1S/C33H60N2O9/c1-12-25-33(9,39)28-19(3)15-34-20(4)14-32(8,41-17-18(2)16-40-28)29(22(6)26(36)23(7)30(38)43-25)44-31-27(37)24(35(10)11)13-21(5)42-31/h19-29,31,34,36-37,39H,2,12-17H2,1,3-11H3/t19-,20+,21+,22-,23+,24-,25+,26-,27+,28+,29+,31-,32+,33+/m0/s1. The van der Waals surface area contributed by atoms with Crippen LogP contribution in [0.1, 0.15) is 74.7 Å². The molecule has 4 heterocycles. The average molecular weight is 629 g/mol. The summed E-state index contributed by atoms with van der Waals surface area (Å²) < 4.78 is 31.8. The number of rotatable bonds is 4.